The fourth-order valence-electron chi connectivity index (χ4n) is 1.73. The number of esters is 1. The summed E-state index contributed by atoms with van der Waals surface area (Å²) in [5, 5.41) is 0. The van der Waals surface area contributed by atoms with Crippen molar-refractivity contribution in [2.24, 2.45) is 0 Å². The second kappa shape index (κ2) is 7.28. The summed E-state index contributed by atoms with van der Waals surface area (Å²) < 4.78 is 35.7. The Labute approximate surface area is 124 Å². The van der Waals surface area contributed by atoms with Crippen LogP contribution in [0.1, 0.15) is 12.8 Å². The highest BCUT2D eigenvalue weighted by atomic mass is 32.2. The lowest BCUT2D eigenvalue weighted by atomic mass is 10.3. The van der Waals surface area contributed by atoms with Crippen molar-refractivity contribution in [3.8, 4) is 5.75 Å². The van der Waals surface area contributed by atoms with Crippen LogP contribution in [-0.2, 0) is 19.6 Å². The van der Waals surface area contributed by atoms with Gasteiger partial charge in [-0.25, -0.2) is 12.7 Å². The molecule has 8 heteroatoms. The Morgan fingerprint density at radius 2 is 2.00 bits per heavy atom. The molecule has 21 heavy (non-hydrogen) atoms. The molecule has 1 aromatic rings. The van der Waals surface area contributed by atoms with E-state index >= 15 is 0 Å². The number of carbonyl (C=O) groups excluding carboxylic acids is 1. The first-order valence-corrected chi connectivity index (χ1v) is 7.73. The highest BCUT2D eigenvalue weighted by Crippen LogP contribution is 2.28. The van der Waals surface area contributed by atoms with Gasteiger partial charge in [0.05, 0.1) is 14.2 Å². The SMILES string of the molecule is COC(=O)CCCN(C)S(=O)(=O)c1cc(N)ccc1OC. The molecule has 0 spiro atoms. The van der Waals surface area contributed by atoms with Gasteiger partial charge in [0.25, 0.3) is 0 Å². The normalized spacial score (nSPS) is 11.4. The summed E-state index contributed by atoms with van der Waals surface area (Å²) in [5.41, 5.74) is 5.97. The number of carbonyl (C=O) groups is 1. The Morgan fingerprint density at radius 3 is 2.57 bits per heavy atom. The van der Waals surface area contributed by atoms with Crippen LogP contribution < -0.4 is 10.5 Å². The zero-order chi connectivity index (χ0) is 16.0. The quantitative estimate of drug-likeness (QED) is 0.591. The average molecular weight is 316 g/mol. The molecule has 1 aromatic carbocycles. The van der Waals surface area contributed by atoms with Gasteiger partial charge in [-0.2, -0.15) is 0 Å². The van der Waals surface area contributed by atoms with E-state index in [0.717, 1.165) is 4.31 Å². The van der Waals surface area contributed by atoms with E-state index < -0.39 is 10.0 Å². The molecule has 2 N–H and O–H groups in total. The van der Waals surface area contributed by atoms with Gasteiger partial charge < -0.3 is 15.2 Å². The van der Waals surface area contributed by atoms with Gasteiger partial charge in [-0.05, 0) is 24.6 Å². The smallest absolute Gasteiger partial charge is 0.305 e. The van der Waals surface area contributed by atoms with Crippen LogP contribution in [0, 0.1) is 0 Å². The molecular formula is C13H20N2O5S. The number of hydrogen-bond donors (Lipinski definition) is 1. The van der Waals surface area contributed by atoms with Crippen LogP contribution in [-0.4, -0.2) is 46.5 Å². The highest BCUT2D eigenvalue weighted by molar-refractivity contribution is 7.89. The van der Waals surface area contributed by atoms with Crippen molar-refractivity contribution < 1.29 is 22.7 Å². The van der Waals surface area contributed by atoms with Gasteiger partial charge in [0.1, 0.15) is 10.6 Å². The molecule has 0 bridgehead atoms. The largest absolute Gasteiger partial charge is 0.495 e. The van der Waals surface area contributed by atoms with E-state index in [1.54, 1.807) is 6.07 Å². The fraction of sp³-hybridized carbons (Fsp3) is 0.462. The third kappa shape index (κ3) is 4.33. The van der Waals surface area contributed by atoms with E-state index in [4.69, 9.17) is 10.5 Å². The number of nitrogens with two attached hydrogens (primary N) is 1. The van der Waals surface area contributed by atoms with Crippen molar-refractivity contribution in [3.05, 3.63) is 18.2 Å². The molecule has 0 amide bonds. The van der Waals surface area contributed by atoms with Crippen LogP contribution in [0.2, 0.25) is 0 Å². The Morgan fingerprint density at radius 1 is 1.33 bits per heavy atom. The first-order valence-electron chi connectivity index (χ1n) is 6.29. The summed E-state index contributed by atoms with van der Waals surface area (Å²) in [5.74, 6) is -0.147. The Balaban J connectivity index is 2.89. The number of ether oxygens (including phenoxy) is 2. The number of hydrogen-bond acceptors (Lipinski definition) is 6. The van der Waals surface area contributed by atoms with Gasteiger partial charge in [0, 0.05) is 25.7 Å². The topological polar surface area (TPSA) is 98.9 Å². The zero-order valence-electron chi connectivity index (χ0n) is 12.3. The van der Waals surface area contributed by atoms with Crippen molar-refractivity contribution >= 4 is 21.7 Å². The standard InChI is InChI=1S/C13H20N2O5S/c1-15(8-4-5-13(16)20-3)21(17,18)12-9-10(14)6-7-11(12)19-2/h6-7,9H,4-5,8,14H2,1-3H3. The lowest BCUT2D eigenvalue weighted by Crippen LogP contribution is -2.28. The third-order valence-electron chi connectivity index (χ3n) is 2.96. The maximum absolute atomic E-state index is 12.5. The first-order chi connectivity index (χ1) is 9.82. The van der Waals surface area contributed by atoms with Crippen LogP contribution in [0.25, 0.3) is 0 Å². The minimum Gasteiger partial charge on any atom is -0.495 e. The highest BCUT2D eigenvalue weighted by Gasteiger charge is 2.25. The molecule has 0 heterocycles. The molecule has 0 radical (unpaired) electrons. The lowest BCUT2D eigenvalue weighted by Gasteiger charge is -2.18. The second-order valence-corrected chi connectivity index (χ2v) is 6.43. The molecule has 0 aromatic heterocycles. The van der Waals surface area contributed by atoms with Crippen molar-refractivity contribution in [1.29, 1.82) is 0 Å². The molecule has 0 saturated carbocycles. The average Bonchev–Trinajstić information content (AvgIpc) is 2.46. The minimum absolute atomic E-state index is 0.00516. The molecule has 0 aliphatic heterocycles. The lowest BCUT2D eigenvalue weighted by molar-refractivity contribution is -0.140. The molecule has 0 aliphatic rings. The molecule has 0 fully saturated rings. The van der Waals surface area contributed by atoms with Crippen LogP contribution in [0.4, 0.5) is 5.69 Å². The summed E-state index contributed by atoms with van der Waals surface area (Å²) in [7, 11) is 0.390. The molecule has 7 nitrogen and oxygen atoms in total. The van der Waals surface area contributed by atoms with Crippen molar-refractivity contribution in [1.82, 2.24) is 4.31 Å². The van der Waals surface area contributed by atoms with Crippen LogP contribution in [0.5, 0.6) is 5.75 Å². The molecule has 0 aliphatic carbocycles. The van der Waals surface area contributed by atoms with Gasteiger partial charge in [0.2, 0.25) is 10.0 Å². The van der Waals surface area contributed by atoms with Crippen molar-refractivity contribution in [2.75, 3.05) is 33.5 Å². The fourth-order valence-corrected chi connectivity index (χ4v) is 3.13. The number of rotatable bonds is 7. The van der Waals surface area contributed by atoms with Gasteiger partial charge in [0.15, 0.2) is 0 Å². The van der Waals surface area contributed by atoms with E-state index in [2.05, 4.69) is 4.74 Å². The van der Waals surface area contributed by atoms with Gasteiger partial charge in [-0.15, -0.1) is 0 Å². The Hall–Kier alpha value is -1.80. The van der Waals surface area contributed by atoms with E-state index in [1.165, 1.54) is 33.4 Å². The monoisotopic (exact) mass is 316 g/mol. The van der Waals surface area contributed by atoms with E-state index in [1.807, 2.05) is 0 Å². The predicted molar refractivity (Wildman–Crippen MR) is 78.5 cm³/mol. The Kier molecular flexibility index (Phi) is 5.98. The molecule has 0 unspecified atom stereocenters. The van der Waals surface area contributed by atoms with Gasteiger partial charge in [-0.1, -0.05) is 0 Å². The predicted octanol–water partition coefficient (Wildman–Crippen LogP) is 0.851. The molecule has 0 saturated heterocycles. The van der Waals surface area contributed by atoms with E-state index in [9.17, 15) is 13.2 Å². The van der Waals surface area contributed by atoms with Gasteiger partial charge >= 0.3 is 5.97 Å². The maximum atomic E-state index is 12.5. The number of nitrogen functional groups attached to an aromatic ring is 1. The summed E-state index contributed by atoms with van der Waals surface area (Å²) in [6, 6.07) is 4.42. The zero-order valence-corrected chi connectivity index (χ0v) is 13.1. The summed E-state index contributed by atoms with van der Waals surface area (Å²) >= 11 is 0. The first kappa shape index (κ1) is 17.3. The summed E-state index contributed by atoms with van der Waals surface area (Å²) in [6.07, 6.45) is 0.525. The number of sulfonamides is 1. The second-order valence-electron chi connectivity index (χ2n) is 4.42. The van der Waals surface area contributed by atoms with E-state index in [-0.39, 0.29) is 29.6 Å². The minimum atomic E-state index is -3.73. The maximum Gasteiger partial charge on any atom is 0.305 e. The van der Waals surface area contributed by atoms with Crippen molar-refractivity contribution in [3.63, 3.8) is 0 Å². The number of benzene rings is 1. The summed E-state index contributed by atoms with van der Waals surface area (Å²) in [4.78, 5) is 11.0. The van der Waals surface area contributed by atoms with E-state index in [0.29, 0.717) is 12.1 Å². The van der Waals surface area contributed by atoms with Crippen LogP contribution >= 0.6 is 0 Å². The van der Waals surface area contributed by atoms with Crippen molar-refractivity contribution in [2.45, 2.75) is 17.7 Å². The summed E-state index contributed by atoms with van der Waals surface area (Å²) in [6.45, 7) is 0.190. The molecule has 1 rings (SSSR count). The molecule has 0 atom stereocenters. The number of nitrogens with zero attached hydrogens (tertiary/aromatic N) is 1. The third-order valence-corrected chi connectivity index (χ3v) is 4.84. The number of anilines is 1. The molecule has 118 valence electrons. The molecular weight excluding hydrogens is 296 g/mol. The van der Waals surface area contributed by atoms with Gasteiger partial charge in [-0.3, -0.25) is 4.79 Å². The van der Waals surface area contributed by atoms with Crippen LogP contribution in [0.15, 0.2) is 23.1 Å². The Bertz CT molecular complexity index is 601. The number of methoxy groups -OCH3 is 2. The van der Waals surface area contributed by atoms with Crippen LogP contribution in [0.3, 0.4) is 0 Å².